The molecule has 0 unspecified atom stereocenters. The normalized spacial score (nSPS) is 10.5. The van der Waals surface area contributed by atoms with Gasteiger partial charge in [0, 0.05) is 12.4 Å². The lowest BCUT2D eigenvalue weighted by atomic mass is 9.91. The Morgan fingerprint density at radius 2 is 2.00 bits per heavy atom. The van der Waals surface area contributed by atoms with E-state index in [1.165, 1.54) is 12.4 Å². The Kier molecular flexibility index (Phi) is 1.52. The Morgan fingerprint density at radius 3 is 2.67 bits per heavy atom. The molecule has 2 aromatic rings. The van der Waals surface area contributed by atoms with Crippen LogP contribution in [-0.4, -0.2) is 37.1 Å². The van der Waals surface area contributed by atoms with Crippen molar-refractivity contribution in [1.29, 1.82) is 0 Å². The zero-order chi connectivity index (χ0) is 8.55. The summed E-state index contributed by atoms with van der Waals surface area (Å²) in [6.45, 7) is 0. The average Bonchev–Trinajstić information content (AvgIpc) is 2.46. The Labute approximate surface area is 67.5 Å². The maximum absolute atomic E-state index is 8.73. The molecule has 0 saturated heterocycles. The summed E-state index contributed by atoms with van der Waals surface area (Å²) in [5, 5.41) is 17.5. The molecule has 7 heteroatoms. The van der Waals surface area contributed by atoms with E-state index in [1.807, 2.05) is 0 Å². The predicted octanol–water partition coefficient (Wildman–Crippen LogP) is -1.97. The number of aromatic nitrogens is 4. The van der Waals surface area contributed by atoms with E-state index < -0.39 is 7.12 Å². The number of H-pyrrole nitrogens is 1. The zero-order valence-electron chi connectivity index (χ0n) is 5.97. The zero-order valence-corrected chi connectivity index (χ0v) is 5.97. The molecule has 0 amide bonds. The molecule has 0 bridgehead atoms. The first-order valence-electron chi connectivity index (χ1n) is 3.30. The number of fused-ring (bicyclic) bond motifs is 1. The van der Waals surface area contributed by atoms with E-state index in [0.717, 1.165) is 0 Å². The lowest BCUT2D eigenvalue weighted by Gasteiger charge is -1.87. The Balaban J connectivity index is 2.62. The molecular weight excluding hydrogens is 159 g/mol. The monoisotopic (exact) mass is 164 g/mol. The highest BCUT2D eigenvalue weighted by atomic mass is 16.4. The number of rotatable bonds is 1. The first-order valence-corrected chi connectivity index (χ1v) is 3.30. The molecule has 0 aliphatic rings. The molecule has 0 saturated carbocycles. The van der Waals surface area contributed by atoms with E-state index in [2.05, 4.69) is 19.9 Å². The van der Waals surface area contributed by atoms with Crippen molar-refractivity contribution in [2.45, 2.75) is 0 Å². The fraction of sp³-hybridized carbons (Fsp3) is 0. The van der Waals surface area contributed by atoms with Gasteiger partial charge in [-0.1, -0.05) is 0 Å². The molecule has 0 fully saturated rings. The molecule has 12 heavy (non-hydrogen) atoms. The van der Waals surface area contributed by atoms with Crippen LogP contribution < -0.4 is 5.72 Å². The number of aromatic amines is 1. The molecule has 3 N–H and O–H groups in total. The molecule has 2 aromatic heterocycles. The topological polar surface area (TPSA) is 94.9 Å². The number of nitrogens with zero attached hydrogens (tertiary/aromatic N) is 3. The van der Waals surface area contributed by atoms with Gasteiger partial charge in [-0.3, -0.25) is 0 Å². The van der Waals surface area contributed by atoms with Gasteiger partial charge in [0.1, 0.15) is 5.72 Å². The van der Waals surface area contributed by atoms with E-state index in [9.17, 15) is 0 Å². The Bertz CT molecular complexity index is 368. The van der Waals surface area contributed by atoms with Gasteiger partial charge in [0.25, 0.3) is 0 Å². The maximum Gasteiger partial charge on any atom is 0.526 e. The van der Waals surface area contributed by atoms with Gasteiger partial charge in [-0.2, -0.15) is 0 Å². The van der Waals surface area contributed by atoms with E-state index in [-0.39, 0.29) is 5.72 Å². The smallest absolute Gasteiger partial charge is 0.421 e. The quantitative estimate of drug-likeness (QED) is 0.425. The molecule has 0 aromatic carbocycles. The van der Waals surface area contributed by atoms with Crippen molar-refractivity contribution in [2.75, 3.05) is 0 Å². The number of nitrogens with one attached hydrogen (secondary N) is 1. The third-order valence-corrected chi connectivity index (χ3v) is 1.40. The molecule has 2 heterocycles. The van der Waals surface area contributed by atoms with Crippen molar-refractivity contribution in [3.05, 3.63) is 12.4 Å². The summed E-state index contributed by atoms with van der Waals surface area (Å²) in [7, 11) is -1.61. The minimum Gasteiger partial charge on any atom is -0.421 e. The van der Waals surface area contributed by atoms with E-state index >= 15 is 0 Å². The molecule has 2 rings (SSSR count). The van der Waals surface area contributed by atoms with Crippen molar-refractivity contribution in [3.63, 3.8) is 0 Å². The van der Waals surface area contributed by atoms with Crippen molar-refractivity contribution < 1.29 is 10.0 Å². The van der Waals surface area contributed by atoms with Crippen molar-refractivity contribution >= 4 is 24.1 Å². The van der Waals surface area contributed by atoms with Crippen LogP contribution in [0.1, 0.15) is 0 Å². The minimum atomic E-state index is -1.61. The van der Waals surface area contributed by atoms with Gasteiger partial charge in [0.05, 0.1) is 0 Å². The predicted molar refractivity (Wildman–Crippen MR) is 41.5 cm³/mol. The third kappa shape index (κ3) is 1.04. The molecule has 0 atom stereocenters. The maximum atomic E-state index is 8.73. The fourth-order valence-corrected chi connectivity index (χ4v) is 0.886. The number of hydrogen-bond donors (Lipinski definition) is 3. The van der Waals surface area contributed by atoms with Gasteiger partial charge in [-0.25, -0.2) is 15.0 Å². The SMILES string of the molecule is OB(O)c1nc2nccnc2[nH]1. The summed E-state index contributed by atoms with van der Waals surface area (Å²) in [4.78, 5) is 14.1. The van der Waals surface area contributed by atoms with E-state index in [0.29, 0.717) is 11.3 Å². The first kappa shape index (κ1) is 7.20. The number of imidazole rings is 1. The standard InChI is InChI=1S/C5H5BN4O2/c11-6(12)5-9-3-4(10-5)8-2-1-7-3/h1-2,11-12H,(H,7,8,9,10). The lowest BCUT2D eigenvalue weighted by molar-refractivity contribution is 0.423. The van der Waals surface area contributed by atoms with Gasteiger partial charge in [0.15, 0.2) is 11.3 Å². The van der Waals surface area contributed by atoms with Crippen molar-refractivity contribution in [2.24, 2.45) is 0 Å². The van der Waals surface area contributed by atoms with Crippen LogP contribution in [-0.2, 0) is 0 Å². The van der Waals surface area contributed by atoms with Crippen LogP contribution in [0.2, 0.25) is 0 Å². The third-order valence-electron chi connectivity index (χ3n) is 1.40. The summed E-state index contributed by atoms with van der Waals surface area (Å²) in [5.74, 6) is 0. The second kappa shape index (κ2) is 2.54. The summed E-state index contributed by atoms with van der Waals surface area (Å²) in [6.07, 6.45) is 2.98. The first-order chi connectivity index (χ1) is 5.77. The van der Waals surface area contributed by atoms with Crippen molar-refractivity contribution in [1.82, 2.24) is 19.9 Å². The summed E-state index contributed by atoms with van der Waals surface area (Å²) < 4.78 is 0. The van der Waals surface area contributed by atoms with Crippen molar-refractivity contribution in [3.8, 4) is 0 Å². The van der Waals surface area contributed by atoms with Crippen LogP contribution in [0.5, 0.6) is 0 Å². The summed E-state index contributed by atoms with van der Waals surface area (Å²) >= 11 is 0. The second-order valence-corrected chi connectivity index (χ2v) is 2.22. The van der Waals surface area contributed by atoms with Gasteiger partial charge in [-0.15, -0.1) is 0 Å². The lowest BCUT2D eigenvalue weighted by Crippen LogP contribution is -2.33. The Hall–Kier alpha value is -1.47. The highest BCUT2D eigenvalue weighted by Crippen LogP contribution is 1.96. The Morgan fingerprint density at radius 1 is 1.25 bits per heavy atom. The molecule has 0 aliphatic heterocycles. The fourth-order valence-electron chi connectivity index (χ4n) is 0.886. The second-order valence-electron chi connectivity index (χ2n) is 2.22. The molecule has 60 valence electrons. The van der Waals surface area contributed by atoms with Crippen LogP contribution in [0.3, 0.4) is 0 Å². The largest absolute Gasteiger partial charge is 0.526 e. The van der Waals surface area contributed by atoms with Crippen LogP contribution >= 0.6 is 0 Å². The van der Waals surface area contributed by atoms with Crippen LogP contribution in [0.15, 0.2) is 12.4 Å². The van der Waals surface area contributed by atoms with E-state index in [1.54, 1.807) is 0 Å². The highest BCUT2D eigenvalue weighted by Gasteiger charge is 2.16. The molecule has 0 spiro atoms. The molecule has 0 radical (unpaired) electrons. The van der Waals surface area contributed by atoms with Gasteiger partial charge in [0.2, 0.25) is 0 Å². The minimum absolute atomic E-state index is 0.0520. The van der Waals surface area contributed by atoms with E-state index in [4.69, 9.17) is 10.0 Å². The van der Waals surface area contributed by atoms with Gasteiger partial charge >= 0.3 is 7.12 Å². The number of hydrogen-bond acceptors (Lipinski definition) is 5. The summed E-state index contributed by atoms with van der Waals surface area (Å²) in [6, 6.07) is 0. The van der Waals surface area contributed by atoms with Crippen LogP contribution in [0.4, 0.5) is 0 Å². The molecule has 6 nitrogen and oxygen atoms in total. The van der Waals surface area contributed by atoms with Crippen LogP contribution in [0, 0.1) is 0 Å². The summed E-state index contributed by atoms with van der Waals surface area (Å²) in [5.41, 5.74) is 0.873. The highest BCUT2D eigenvalue weighted by molar-refractivity contribution is 6.56. The van der Waals surface area contributed by atoms with Gasteiger partial charge < -0.3 is 15.0 Å². The average molecular weight is 164 g/mol. The van der Waals surface area contributed by atoms with Gasteiger partial charge in [-0.05, 0) is 0 Å². The van der Waals surface area contributed by atoms with Crippen LogP contribution in [0.25, 0.3) is 11.3 Å². The molecule has 0 aliphatic carbocycles. The molecular formula is C5H5BN4O2.